The van der Waals surface area contributed by atoms with Gasteiger partial charge < -0.3 is 25.8 Å². The molecule has 1 aliphatic heterocycles. The van der Waals surface area contributed by atoms with Crippen LogP contribution in [-0.2, 0) is 16.9 Å². The van der Waals surface area contributed by atoms with E-state index in [9.17, 15) is 15.3 Å². The molecule has 1 aromatic carbocycles. The van der Waals surface area contributed by atoms with Gasteiger partial charge in [0.2, 0.25) is 0 Å². The summed E-state index contributed by atoms with van der Waals surface area (Å²) in [4.78, 5) is 12.5. The van der Waals surface area contributed by atoms with Gasteiger partial charge in [0.1, 0.15) is 30.2 Å². The van der Waals surface area contributed by atoms with Gasteiger partial charge in [0.25, 0.3) is 0 Å². The first-order valence-electron chi connectivity index (χ1n) is 9.11. The van der Waals surface area contributed by atoms with Crippen LogP contribution in [0.5, 0.6) is 0 Å². The molecule has 0 unspecified atom stereocenters. The van der Waals surface area contributed by atoms with Gasteiger partial charge in [-0.05, 0) is 24.5 Å². The molecule has 9 heteroatoms. The van der Waals surface area contributed by atoms with Gasteiger partial charge in [0.05, 0.1) is 12.9 Å². The van der Waals surface area contributed by atoms with Crippen molar-refractivity contribution >= 4 is 17.0 Å². The molecule has 9 nitrogen and oxygen atoms in total. The summed E-state index contributed by atoms with van der Waals surface area (Å²) in [5.41, 5.74) is 7.52. The Kier molecular flexibility index (Phi) is 4.76. The van der Waals surface area contributed by atoms with E-state index >= 15 is 0 Å². The second-order valence-electron chi connectivity index (χ2n) is 7.09. The van der Waals surface area contributed by atoms with E-state index in [2.05, 4.69) is 15.0 Å². The SMILES string of the molecule is Cc1ccccc1CC[C@@]1(n2cnc3c(N)ncnc32)O[C@H](CO)[C@@H](O)[C@H]1O. The summed E-state index contributed by atoms with van der Waals surface area (Å²) < 4.78 is 7.63. The first-order valence-corrected chi connectivity index (χ1v) is 9.11. The van der Waals surface area contributed by atoms with Crippen molar-refractivity contribution in [2.45, 2.75) is 43.8 Å². The van der Waals surface area contributed by atoms with Gasteiger partial charge in [-0.15, -0.1) is 0 Å². The lowest BCUT2D eigenvalue weighted by molar-refractivity contribution is -0.150. The maximum atomic E-state index is 10.9. The third-order valence-electron chi connectivity index (χ3n) is 5.49. The van der Waals surface area contributed by atoms with Crippen molar-refractivity contribution in [3.8, 4) is 0 Å². The summed E-state index contributed by atoms with van der Waals surface area (Å²) in [6.07, 6.45) is 0.232. The number of nitrogen functional groups attached to an aromatic ring is 1. The highest BCUT2D eigenvalue weighted by Gasteiger charge is 2.55. The van der Waals surface area contributed by atoms with Crippen LogP contribution >= 0.6 is 0 Å². The van der Waals surface area contributed by atoms with Crippen molar-refractivity contribution < 1.29 is 20.1 Å². The summed E-state index contributed by atoms with van der Waals surface area (Å²) in [6.45, 7) is 1.59. The Morgan fingerprint density at radius 1 is 1.21 bits per heavy atom. The number of ether oxygens (including phenoxy) is 1. The molecule has 1 fully saturated rings. The third kappa shape index (κ3) is 2.83. The number of nitrogens with two attached hydrogens (primary N) is 1. The quantitative estimate of drug-likeness (QED) is 0.485. The number of rotatable bonds is 5. The Balaban J connectivity index is 1.80. The van der Waals surface area contributed by atoms with Crippen LogP contribution in [0.15, 0.2) is 36.9 Å². The van der Waals surface area contributed by atoms with E-state index in [1.807, 2.05) is 31.2 Å². The van der Waals surface area contributed by atoms with E-state index in [1.165, 1.54) is 12.7 Å². The first-order chi connectivity index (χ1) is 13.5. The van der Waals surface area contributed by atoms with E-state index in [1.54, 1.807) is 4.57 Å². The number of hydrogen-bond donors (Lipinski definition) is 4. The minimum atomic E-state index is -1.36. The van der Waals surface area contributed by atoms with Gasteiger partial charge in [0.15, 0.2) is 17.2 Å². The number of benzene rings is 1. The lowest BCUT2D eigenvalue weighted by Gasteiger charge is -2.34. The number of aryl methyl sites for hydroxylation is 2. The van der Waals surface area contributed by atoms with Crippen LogP contribution < -0.4 is 5.73 Å². The second-order valence-corrected chi connectivity index (χ2v) is 7.09. The van der Waals surface area contributed by atoms with Gasteiger partial charge in [0, 0.05) is 6.42 Å². The Morgan fingerprint density at radius 2 is 2.00 bits per heavy atom. The number of imidazole rings is 1. The number of aromatic nitrogens is 4. The molecule has 28 heavy (non-hydrogen) atoms. The van der Waals surface area contributed by atoms with Crippen molar-refractivity contribution in [3.63, 3.8) is 0 Å². The minimum absolute atomic E-state index is 0.213. The Morgan fingerprint density at radius 3 is 2.71 bits per heavy atom. The molecular formula is C19H23N5O4. The van der Waals surface area contributed by atoms with Crippen molar-refractivity contribution in [2.75, 3.05) is 12.3 Å². The normalized spacial score (nSPS) is 27.5. The highest BCUT2D eigenvalue weighted by atomic mass is 16.6. The van der Waals surface area contributed by atoms with E-state index in [0.29, 0.717) is 24.0 Å². The lowest BCUT2D eigenvalue weighted by atomic mass is 9.93. The summed E-state index contributed by atoms with van der Waals surface area (Å²) in [7, 11) is 0. The molecule has 1 saturated heterocycles. The van der Waals surface area contributed by atoms with E-state index in [4.69, 9.17) is 10.5 Å². The van der Waals surface area contributed by atoms with Crippen LogP contribution in [0.2, 0.25) is 0 Å². The Labute approximate surface area is 161 Å². The van der Waals surface area contributed by atoms with Gasteiger partial charge in [-0.2, -0.15) is 0 Å². The van der Waals surface area contributed by atoms with Crippen molar-refractivity contribution in [1.82, 2.24) is 19.5 Å². The molecule has 5 N–H and O–H groups in total. The number of anilines is 1. The standard InChI is InChI=1S/C19H23N5O4/c1-11-4-2-3-5-12(11)6-7-19(16(27)15(26)13(8-25)28-19)24-10-23-14-17(20)21-9-22-18(14)24/h2-5,9-10,13,15-16,25-27H,6-8H2,1H3,(H2,20,21,22)/t13-,15-,16-,19-/m1/s1. The van der Waals surface area contributed by atoms with Gasteiger partial charge in [-0.3, -0.25) is 4.57 Å². The molecule has 3 heterocycles. The number of nitrogens with zero attached hydrogens (tertiary/aromatic N) is 4. The summed E-state index contributed by atoms with van der Waals surface area (Å²) >= 11 is 0. The first kappa shape index (κ1) is 18.8. The predicted molar refractivity (Wildman–Crippen MR) is 101 cm³/mol. The Hall–Kier alpha value is -2.59. The molecule has 0 aliphatic carbocycles. The zero-order chi connectivity index (χ0) is 19.9. The topological polar surface area (TPSA) is 140 Å². The maximum Gasteiger partial charge on any atom is 0.176 e. The maximum absolute atomic E-state index is 10.9. The van der Waals surface area contributed by atoms with E-state index < -0.39 is 30.6 Å². The third-order valence-corrected chi connectivity index (χ3v) is 5.49. The van der Waals surface area contributed by atoms with Crippen molar-refractivity contribution in [2.24, 2.45) is 0 Å². The molecule has 2 aromatic heterocycles. The zero-order valence-corrected chi connectivity index (χ0v) is 15.4. The van der Waals surface area contributed by atoms with Crippen LogP contribution in [0.4, 0.5) is 5.82 Å². The number of aliphatic hydroxyl groups is 3. The summed E-state index contributed by atoms with van der Waals surface area (Å²) in [6, 6.07) is 7.94. The average Bonchev–Trinajstić information content (AvgIpc) is 3.24. The van der Waals surface area contributed by atoms with Crippen LogP contribution in [0.25, 0.3) is 11.2 Å². The summed E-state index contributed by atoms with van der Waals surface area (Å²) in [5, 5.41) is 31.0. The fraction of sp³-hybridized carbons (Fsp3) is 0.421. The fourth-order valence-corrected chi connectivity index (χ4v) is 3.88. The van der Waals surface area contributed by atoms with Crippen LogP contribution in [0.1, 0.15) is 17.5 Å². The molecule has 0 radical (unpaired) electrons. The molecular weight excluding hydrogens is 362 g/mol. The van der Waals surface area contributed by atoms with Gasteiger partial charge in [-0.25, -0.2) is 15.0 Å². The molecule has 4 atom stereocenters. The van der Waals surface area contributed by atoms with Crippen molar-refractivity contribution in [3.05, 3.63) is 48.0 Å². The van der Waals surface area contributed by atoms with E-state index in [-0.39, 0.29) is 5.82 Å². The number of aliphatic hydroxyl groups excluding tert-OH is 3. The molecule has 148 valence electrons. The van der Waals surface area contributed by atoms with Crippen molar-refractivity contribution in [1.29, 1.82) is 0 Å². The smallest absolute Gasteiger partial charge is 0.176 e. The largest absolute Gasteiger partial charge is 0.394 e. The summed E-state index contributed by atoms with van der Waals surface area (Å²) in [5.74, 6) is 0.213. The minimum Gasteiger partial charge on any atom is -0.394 e. The van der Waals surface area contributed by atoms with Crippen LogP contribution in [-0.4, -0.2) is 59.8 Å². The molecule has 0 saturated carbocycles. The lowest BCUT2D eigenvalue weighted by Crippen LogP contribution is -2.46. The molecule has 4 rings (SSSR count). The predicted octanol–water partition coefficient (Wildman–Crippen LogP) is 0.115. The van der Waals surface area contributed by atoms with E-state index in [0.717, 1.165) is 11.1 Å². The molecule has 3 aromatic rings. The molecule has 0 bridgehead atoms. The highest BCUT2D eigenvalue weighted by molar-refractivity contribution is 5.81. The fourth-order valence-electron chi connectivity index (χ4n) is 3.88. The average molecular weight is 385 g/mol. The number of fused-ring (bicyclic) bond motifs is 1. The van der Waals surface area contributed by atoms with Gasteiger partial charge >= 0.3 is 0 Å². The number of hydrogen-bond acceptors (Lipinski definition) is 8. The second kappa shape index (κ2) is 7.10. The molecule has 0 spiro atoms. The zero-order valence-electron chi connectivity index (χ0n) is 15.4. The van der Waals surface area contributed by atoms with Crippen LogP contribution in [0, 0.1) is 6.92 Å². The molecule has 0 amide bonds. The Bertz CT molecular complexity index is 993. The monoisotopic (exact) mass is 385 g/mol. The molecule has 1 aliphatic rings. The van der Waals surface area contributed by atoms with Crippen LogP contribution in [0.3, 0.4) is 0 Å². The highest BCUT2D eigenvalue weighted by Crippen LogP contribution is 2.41. The van der Waals surface area contributed by atoms with Gasteiger partial charge in [-0.1, -0.05) is 24.3 Å².